The summed E-state index contributed by atoms with van der Waals surface area (Å²) < 4.78 is 27.4. The molecule has 2 rings (SSSR count). The molecule has 0 radical (unpaired) electrons. The summed E-state index contributed by atoms with van der Waals surface area (Å²) in [7, 11) is -1.62. The number of amides is 1. The molecule has 1 N–H and O–H groups in total. The third-order valence-corrected chi connectivity index (χ3v) is 6.85. The molecule has 1 amide bonds. The lowest BCUT2D eigenvalue weighted by molar-refractivity contribution is -0.117. The number of hydrogen-bond donors (Lipinski definition) is 1. The molecule has 0 bridgehead atoms. The van der Waals surface area contributed by atoms with Crippen LogP contribution in [0.3, 0.4) is 0 Å². The Hall–Kier alpha value is -1.74. The molecule has 0 fully saturated rings. The standard InChI is InChI=1S/C20H26BrN3O3S/c1-4-24(5-2)28(26,27)19-12-10-18(11-13-19)22-20(25)15-23(3)14-16-6-8-17(21)9-7-16/h6-13H,4-5,14-15H2,1-3H3,(H,22,25). The van der Waals surface area contributed by atoms with E-state index in [0.29, 0.717) is 25.3 Å². The van der Waals surface area contributed by atoms with Crippen LogP contribution >= 0.6 is 15.9 Å². The maximum atomic E-state index is 12.5. The van der Waals surface area contributed by atoms with Crippen LogP contribution in [0.25, 0.3) is 0 Å². The van der Waals surface area contributed by atoms with Crippen LogP contribution in [0.5, 0.6) is 0 Å². The maximum Gasteiger partial charge on any atom is 0.243 e. The normalized spacial score (nSPS) is 11.8. The molecule has 0 heterocycles. The van der Waals surface area contributed by atoms with E-state index in [1.165, 1.54) is 16.4 Å². The Labute approximate surface area is 175 Å². The fourth-order valence-electron chi connectivity index (χ4n) is 2.83. The zero-order chi connectivity index (χ0) is 20.7. The number of halogens is 1. The van der Waals surface area contributed by atoms with E-state index >= 15 is 0 Å². The van der Waals surface area contributed by atoms with Gasteiger partial charge in [-0.1, -0.05) is 41.9 Å². The minimum atomic E-state index is -3.49. The number of rotatable bonds is 9. The molecule has 28 heavy (non-hydrogen) atoms. The quantitative estimate of drug-likeness (QED) is 0.611. The molecule has 8 heteroatoms. The van der Waals surface area contributed by atoms with E-state index in [9.17, 15) is 13.2 Å². The summed E-state index contributed by atoms with van der Waals surface area (Å²) in [5.41, 5.74) is 1.69. The minimum absolute atomic E-state index is 0.154. The van der Waals surface area contributed by atoms with Gasteiger partial charge in [-0.25, -0.2) is 8.42 Å². The van der Waals surface area contributed by atoms with E-state index in [2.05, 4.69) is 21.2 Å². The van der Waals surface area contributed by atoms with Crippen molar-refractivity contribution in [2.24, 2.45) is 0 Å². The lowest BCUT2D eigenvalue weighted by Gasteiger charge is -2.19. The Morgan fingerprint density at radius 3 is 2.11 bits per heavy atom. The summed E-state index contributed by atoms with van der Waals surface area (Å²) in [5.74, 6) is -0.154. The predicted molar refractivity (Wildman–Crippen MR) is 116 cm³/mol. The summed E-state index contributed by atoms with van der Waals surface area (Å²) in [6.07, 6.45) is 0. The van der Waals surface area contributed by atoms with E-state index in [1.807, 2.05) is 36.2 Å². The van der Waals surface area contributed by atoms with Gasteiger partial charge < -0.3 is 5.32 Å². The summed E-state index contributed by atoms with van der Waals surface area (Å²) in [4.78, 5) is 14.4. The topological polar surface area (TPSA) is 69.7 Å². The lowest BCUT2D eigenvalue weighted by Crippen LogP contribution is -2.31. The van der Waals surface area contributed by atoms with E-state index in [4.69, 9.17) is 0 Å². The summed E-state index contributed by atoms with van der Waals surface area (Å²) >= 11 is 3.40. The molecule has 0 aromatic heterocycles. The Balaban J connectivity index is 1.94. The van der Waals surface area contributed by atoms with Gasteiger partial charge >= 0.3 is 0 Å². The molecule has 0 atom stereocenters. The Morgan fingerprint density at radius 1 is 1.00 bits per heavy atom. The van der Waals surface area contributed by atoms with Crippen LogP contribution in [-0.4, -0.2) is 50.2 Å². The first-order valence-electron chi connectivity index (χ1n) is 9.09. The minimum Gasteiger partial charge on any atom is -0.325 e. The van der Waals surface area contributed by atoms with Gasteiger partial charge in [-0.2, -0.15) is 4.31 Å². The van der Waals surface area contributed by atoms with E-state index in [1.54, 1.807) is 26.0 Å². The second kappa shape index (κ2) is 10.2. The van der Waals surface area contributed by atoms with Gasteiger partial charge in [0.05, 0.1) is 11.4 Å². The van der Waals surface area contributed by atoms with E-state index in [-0.39, 0.29) is 17.3 Å². The average Bonchev–Trinajstić information content (AvgIpc) is 2.64. The molecule has 0 aliphatic carbocycles. The van der Waals surface area contributed by atoms with Crippen molar-refractivity contribution in [2.45, 2.75) is 25.3 Å². The zero-order valence-electron chi connectivity index (χ0n) is 16.4. The van der Waals surface area contributed by atoms with Crippen LogP contribution in [0.15, 0.2) is 57.9 Å². The number of hydrogen-bond acceptors (Lipinski definition) is 4. The van der Waals surface area contributed by atoms with Gasteiger partial charge in [0.2, 0.25) is 15.9 Å². The summed E-state index contributed by atoms with van der Waals surface area (Å²) in [6, 6.07) is 14.2. The third kappa shape index (κ3) is 6.13. The number of carbonyl (C=O) groups excluding carboxylic acids is 1. The highest BCUT2D eigenvalue weighted by molar-refractivity contribution is 9.10. The molecule has 0 aliphatic rings. The summed E-state index contributed by atoms with van der Waals surface area (Å²) in [6.45, 7) is 5.34. The molecule has 6 nitrogen and oxygen atoms in total. The van der Waals surface area contributed by atoms with Crippen LogP contribution < -0.4 is 5.32 Å². The van der Waals surface area contributed by atoms with Crippen molar-refractivity contribution in [3.8, 4) is 0 Å². The summed E-state index contributed by atoms with van der Waals surface area (Å²) in [5, 5.41) is 2.81. The number of anilines is 1. The molecule has 2 aromatic rings. The molecule has 152 valence electrons. The SMILES string of the molecule is CCN(CC)S(=O)(=O)c1ccc(NC(=O)CN(C)Cc2ccc(Br)cc2)cc1. The molecular formula is C20H26BrN3O3S. The first-order chi connectivity index (χ1) is 13.3. The van der Waals surface area contributed by atoms with Gasteiger partial charge in [-0.05, 0) is 49.0 Å². The molecule has 2 aromatic carbocycles. The van der Waals surface area contributed by atoms with Crippen molar-refractivity contribution in [3.05, 3.63) is 58.6 Å². The first-order valence-corrected chi connectivity index (χ1v) is 11.3. The number of likely N-dealkylation sites (N-methyl/N-ethyl adjacent to an activating group) is 1. The van der Waals surface area contributed by atoms with Crippen molar-refractivity contribution in [3.63, 3.8) is 0 Å². The van der Waals surface area contributed by atoms with Crippen molar-refractivity contribution in [1.82, 2.24) is 9.21 Å². The van der Waals surface area contributed by atoms with Crippen molar-refractivity contribution < 1.29 is 13.2 Å². The second-order valence-electron chi connectivity index (χ2n) is 6.46. The fraction of sp³-hybridized carbons (Fsp3) is 0.350. The maximum absolute atomic E-state index is 12.5. The number of carbonyl (C=O) groups is 1. The molecule has 0 unspecified atom stereocenters. The van der Waals surface area contributed by atoms with Crippen LogP contribution in [0.1, 0.15) is 19.4 Å². The largest absolute Gasteiger partial charge is 0.325 e. The van der Waals surface area contributed by atoms with Gasteiger partial charge in [-0.3, -0.25) is 9.69 Å². The third-order valence-electron chi connectivity index (χ3n) is 4.26. The Kier molecular flexibility index (Phi) is 8.18. The van der Waals surface area contributed by atoms with Crippen LogP contribution in [-0.2, 0) is 21.4 Å². The molecule has 0 saturated carbocycles. The van der Waals surface area contributed by atoms with Gasteiger partial charge in [0, 0.05) is 29.8 Å². The number of nitrogens with one attached hydrogen (secondary N) is 1. The van der Waals surface area contributed by atoms with Gasteiger partial charge in [-0.15, -0.1) is 0 Å². The number of nitrogens with zero attached hydrogens (tertiary/aromatic N) is 2. The van der Waals surface area contributed by atoms with E-state index < -0.39 is 10.0 Å². The van der Waals surface area contributed by atoms with Crippen LogP contribution in [0.4, 0.5) is 5.69 Å². The van der Waals surface area contributed by atoms with Crippen LogP contribution in [0.2, 0.25) is 0 Å². The molecular weight excluding hydrogens is 442 g/mol. The smallest absolute Gasteiger partial charge is 0.243 e. The van der Waals surface area contributed by atoms with Gasteiger partial charge in [0.1, 0.15) is 0 Å². The van der Waals surface area contributed by atoms with Gasteiger partial charge in [0.15, 0.2) is 0 Å². The molecule has 0 aliphatic heterocycles. The predicted octanol–water partition coefficient (Wildman–Crippen LogP) is 3.55. The van der Waals surface area contributed by atoms with Crippen LogP contribution in [0, 0.1) is 0 Å². The van der Waals surface area contributed by atoms with Crippen molar-refractivity contribution >= 4 is 37.5 Å². The van der Waals surface area contributed by atoms with Crippen molar-refractivity contribution in [1.29, 1.82) is 0 Å². The number of benzene rings is 2. The molecule has 0 saturated heterocycles. The van der Waals surface area contributed by atoms with E-state index in [0.717, 1.165) is 10.0 Å². The Bertz CT molecular complexity index is 880. The lowest BCUT2D eigenvalue weighted by atomic mass is 10.2. The zero-order valence-corrected chi connectivity index (χ0v) is 18.8. The van der Waals surface area contributed by atoms with Crippen molar-refractivity contribution in [2.75, 3.05) is 32.0 Å². The highest BCUT2D eigenvalue weighted by Crippen LogP contribution is 2.18. The van der Waals surface area contributed by atoms with Gasteiger partial charge in [0.25, 0.3) is 0 Å². The highest BCUT2D eigenvalue weighted by Gasteiger charge is 2.21. The Morgan fingerprint density at radius 2 is 1.57 bits per heavy atom. The number of sulfonamides is 1. The highest BCUT2D eigenvalue weighted by atomic mass is 79.9. The average molecular weight is 468 g/mol. The molecule has 0 spiro atoms. The first kappa shape index (κ1) is 22.5. The monoisotopic (exact) mass is 467 g/mol. The second-order valence-corrected chi connectivity index (χ2v) is 9.31. The fourth-order valence-corrected chi connectivity index (χ4v) is 4.55.